The molecule has 0 unspecified atom stereocenters. The van der Waals surface area contributed by atoms with E-state index < -0.39 is 0 Å². The highest BCUT2D eigenvalue weighted by Crippen LogP contribution is 2.25. The monoisotopic (exact) mass is 337 g/mol. The smallest absolute Gasteiger partial charge is 0.253 e. The number of nitrogens with zero attached hydrogens (tertiary/aromatic N) is 2. The molecule has 1 N–H and O–H groups in total. The number of amides is 2. The molecule has 3 rings (SSSR count). The summed E-state index contributed by atoms with van der Waals surface area (Å²) < 4.78 is 0. The van der Waals surface area contributed by atoms with Gasteiger partial charge in [0, 0.05) is 50.9 Å². The summed E-state index contributed by atoms with van der Waals surface area (Å²) in [5.74, 6) is 0.324. The molecule has 1 saturated heterocycles. The number of carbonyl (C=O) groups is 2. The molecule has 1 aromatic rings. The highest BCUT2D eigenvalue weighted by Gasteiger charge is 2.28. The zero-order valence-corrected chi connectivity index (χ0v) is 14.5. The van der Waals surface area contributed by atoms with E-state index in [0.29, 0.717) is 13.1 Å². The van der Waals surface area contributed by atoms with Crippen LogP contribution in [0.2, 0.25) is 0 Å². The molecular formula is C17H24ClN3O2. The van der Waals surface area contributed by atoms with Crippen LogP contribution in [0.5, 0.6) is 0 Å². The predicted octanol–water partition coefficient (Wildman–Crippen LogP) is 2.02. The number of carbonyl (C=O) groups excluding carboxylic acids is 2. The number of nitrogens with one attached hydrogen (secondary N) is 1. The molecule has 2 amide bonds. The van der Waals surface area contributed by atoms with Crippen molar-refractivity contribution < 1.29 is 9.59 Å². The molecule has 1 aromatic carbocycles. The Balaban J connectivity index is 0.00000192. The highest BCUT2D eigenvalue weighted by atomic mass is 35.5. The lowest BCUT2D eigenvalue weighted by Crippen LogP contribution is -2.42. The van der Waals surface area contributed by atoms with Crippen LogP contribution in [-0.4, -0.2) is 55.3 Å². The molecule has 0 bridgehead atoms. The Morgan fingerprint density at radius 2 is 1.91 bits per heavy atom. The summed E-state index contributed by atoms with van der Waals surface area (Å²) in [4.78, 5) is 28.1. The number of halogens is 1. The van der Waals surface area contributed by atoms with Crippen LogP contribution in [0, 0.1) is 5.92 Å². The van der Waals surface area contributed by atoms with Crippen molar-refractivity contribution in [1.29, 1.82) is 0 Å². The average molecular weight is 338 g/mol. The van der Waals surface area contributed by atoms with Crippen LogP contribution in [0.15, 0.2) is 18.2 Å². The highest BCUT2D eigenvalue weighted by molar-refractivity contribution is 5.95. The summed E-state index contributed by atoms with van der Waals surface area (Å²) in [6.07, 6.45) is 2.50. The van der Waals surface area contributed by atoms with Gasteiger partial charge >= 0.3 is 0 Å². The summed E-state index contributed by atoms with van der Waals surface area (Å²) in [5, 5.41) is 3.31. The van der Waals surface area contributed by atoms with Crippen molar-refractivity contribution in [1.82, 2.24) is 9.80 Å². The molecule has 0 saturated carbocycles. The zero-order valence-electron chi connectivity index (χ0n) is 13.7. The fourth-order valence-electron chi connectivity index (χ4n) is 3.32. The third-order valence-electron chi connectivity index (χ3n) is 4.63. The summed E-state index contributed by atoms with van der Waals surface area (Å²) in [5.41, 5.74) is 3.13. The van der Waals surface area contributed by atoms with Gasteiger partial charge in [-0.05, 0) is 43.0 Å². The van der Waals surface area contributed by atoms with Gasteiger partial charge in [0.2, 0.25) is 5.91 Å². The number of piperidine rings is 1. The SMILES string of the molecule is CN(C)C(=O)C1CCN(C(=O)c2ccc3c(c2)CCN3)CC1.Cl. The van der Waals surface area contributed by atoms with Gasteiger partial charge in [-0.3, -0.25) is 9.59 Å². The number of fused-ring (bicyclic) bond motifs is 1. The van der Waals surface area contributed by atoms with Crippen molar-refractivity contribution in [3.63, 3.8) is 0 Å². The van der Waals surface area contributed by atoms with E-state index in [1.807, 2.05) is 23.1 Å². The molecule has 23 heavy (non-hydrogen) atoms. The Hall–Kier alpha value is -1.75. The second-order valence-electron chi connectivity index (χ2n) is 6.35. The first-order valence-corrected chi connectivity index (χ1v) is 7.93. The van der Waals surface area contributed by atoms with Crippen LogP contribution in [0.3, 0.4) is 0 Å². The lowest BCUT2D eigenvalue weighted by atomic mass is 9.95. The van der Waals surface area contributed by atoms with Crippen molar-refractivity contribution >= 4 is 29.9 Å². The number of benzene rings is 1. The number of rotatable bonds is 2. The second-order valence-corrected chi connectivity index (χ2v) is 6.35. The van der Waals surface area contributed by atoms with Gasteiger partial charge in [0.25, 0.3) is 5.91 Å². The molecule has 0 spiro atoms. The normalized spacial score (nSPS) is 17.0. The number of hydrogen-bond donors (Lipinski definition) is 1. The van der Waals surface area contributed by atoms with Gasteiger partial charge in [0.1, 0.15) is 0 Å². The van der Waals surface area contributed by atoms with Gasteiger partial charge in [0.05, 0.1) is 0 Å². The molecule has 0 aliphatic carbocycles. The summed E-state index contributed by atoms with van der Waals surface area (Å²) in [7, 11) is 3.58. The Morgan fingerprint density at radius 1 is 1.22 bits per heavy atom. The maximum absolute atomic E-state index is 12.6. The van der Waals surface area contributed by atoms with E-state index >= 15 is 0 Å². The predicted molar refractivity (Wildman–Crippen MR) is 93.2 cm³/mol. The number of hydrogen-bond acceptors (Lipinski definition) is 3. The number of likely N-dealkylation sites (tertiary alicyclic amines) is 1. The maximum atomic E-state index is 12.6. The van der Waals surface area contributed by atoms with E-state index in [0.717, 1.165) is 37.1 Å². The Labute approximate surface area is 143 Å². The van der Waals surface area contributed by atoms with E-state index in [1.54, 1.807) is 19.0 Å². The van der Waals surface area contributed by atoms with Gasteiger partial charge in [-0.2, -0.15) is 0 Å². The molecule has 2 heterocycles. The molecule has 1 fully saturated rings. The van der Waals surface area contributed by atoms with Crippen molar-refractivity contribution in [2.45, 2.75) is 19.3 Å². The lowest BCUT2D eigenvalue weighted by molar-refractivity contribution is -0.134. The van der Waals surface area contributed by atoms with Gasteiger partial charge < -0.3 is 15.1 Å². The van der Waals surface area contributed by atoms with Crippen molar-refractivity contribution in [2.75, 3.05) is 39.0 Å². The molecule has 0 atom stereocenters. The first-order valence-electron chi connectivity index (χ1n) is 7.93. The molecule has 6 heteroatoms. The van der Waals surface area contributed by atoms with Crippen LogP contribution < -0.4 is 5.32 Å². The summed E-state index contributed by atoms with van der Waals surface area (Å²) >= 11 is 0. The summed E-state index contributed by atoms with van der Waals surface area (Å²) in [6.45, 7) is 2.28. The molecule has 126 valence electrons. The first-order chi connectivity index (χ1) is 10.6. The van der Waals surface area contributed by atoms with Crippen molar-refractivity contribution in [2.24, 2.45) is 5.92 Å². The minimum Gasteiger partial charge on any atom is -0.384 e. The van der Waals surface area contributed by atoms with E-state index in [9.17, 15) is 9.59 Å². The summed E-state index contributed by atoms with van der Waals surface area (Å²) in [6, 6.07) is 5.91. The minimum atomic E-state index is 0. The Bertz CT molecular complexity index is 596. The van der Waals surface area contributed by atoms with E-state index in [2.05, 4.69) is 5.32 Å². The lowest BCUT2D eigenvalue weighted by Gasteiger charge is -2.32. The molecule has 2 aliphatic rings. The van der Waals surface area contributed by atoms with Crippen LogP contribution in [0.25, 0.3) is 0 Å². The fraction of sp³-hybridized carbons (Fsp3) is 0.529. The van der Waals surface area contributed by atoms with Gasteiger partial charge in [-0.15, -0.1) is 12.4 Å². The zero-order chi connectivity index (χ0) is 15.7. The maximum Gasteiger partial charge on any atom is 0.253 e. The van der Waals surface area contributed by atoms with E-state index in [4.69, 9.17) is 0 Å². The molecule has 0 aromatic heterocycles. The fourth-order valence-corrected chi connectivity index (χ4v) is 3.32. The minimum absolute atomic E-state index is 0. The molecular weight excluding hydrogens is 314 g/mol. The van der Waals surface area contributed by atoms with E-state index in [1.165, 1.54) is 5.56 Å². The Morgan fingerprint density at radius 3 is 2.57 bits per heavy atom. The first kappa shape index (κ1) is 17.6. The third kappa shape index (κ3) is 3.61. The van der Waals surface area contributed by atoms with Crippen LogP contribution >= 0.6 is 12.4 Å². The number of anilines is 1. The molecule has 5 nitrogen and oxygen atoms in total. The van der Waals surface area contributed by atoms with Crippen molar-refractivity contribution in [3.05, 3.63) is 29.3 Å². The van der Waals surface area contributed by atoms with Gasteiger partial charge in [-0.1, -0.05) is 0 Å². The second kappa shape index (κ2) is 7.21. The Kier molecular flexibility index (Phi) is 5.52. The average Bonchev–Trinajstić information content (AvgIpc) is 3.01. The van der Waals surface area contributed by atoms with Crippen molar-refractivity contribution in [3.8, 4) is 0 Å². The molecule has 2 aliphatic heterocycles. The largest absolute Gasteiger partial charge is 0.384 e. The third-order valence-corrected chi connectivity index (χ3v) is 4.63. The van der Waals surface area contributed by atoms with Gasteiger partial charge in [0.15, 0.2) is 0 Å². The van der Waals surface area contributed by atoms with E-state index in [-0.39, 0.29) is 30.1 Å². The topological polar surface area (TPSA) is 52.7 Å². The van der Waals surface area contributed by atoms with Crippen LogP contribution in [0.4, 0.5) is 5.69 Å². The van der Waals surface area contributed by atoms with Crippen LogP contribution in [-0.2, 0) is 11.2 Å². The standard InChI is InChI=1S/C17H23N3O2.ClH/c1-19(2)16(21)12-6-9-20(10-7-12)17(22)14-3-4-15-13(11-14)5-8-18-15;/h3-4,11-12,18H,5-10H2,1-2H3;1H. The van der Waals surface area contributed by atoms with Crippen LogP contribution in [0.1, 0.15) is 28.8 Å². The quantitative estimate of drug-likeness (QED) is 0.898. The van der Waals surface area contributed by atoms with Gasteiger partial charge in [-0.25, -0.2) is 0 Å². The molecule has 0 radical (unpaired) electrons.